The predicted molar refractivity (Wildman–Crippen MR) is 105 cm³/mol. The van der Waals surface area contributed by atoms with Gasteiger partial charge >= 0.3 is 5.97 Å². The summed E-state index contributed by atoms with van der Waals surface area (Å²) in [4.78, 5) is 14.2. The van der Waals surface area contributed by atoms with Crippen LogP contribution in [0.5, 0.6) is 0 Å². The molecule has 0 fully saturated rings. The predicted octanol–water partition coefficient (Wildman–Crippen LogP) is 4.99. The Bertz CT molecular complexity index is 928. The number of ether oxygens (including phenoxy) is 1. The lowest BCUT2D eigenvalue weighted by Crippen LogP contribution is -2.31. The molecule has 2 aromatic carbocycles. The number of likely N-dealkylation sites (N-methyl/N-ethyl adjacent to an activating group) is 1. The van der Waals surface area contributed by atoms with E-state index in [1.165, 1.54) is 7.11 Å². The summed E-state index contributed by atoms with van der Waals surface area (Å²) in [7, 11) is 3.15. The molecule has 0 spiro atoms. The molecule has 0 saturated heterocycles. The molecule has 140 valence electrons. The molecule has 1 atom stereocenters. The average Bonchev–Trinajstić information content (AvgIpc) is 3.13. The Morgan fingerprint density at radius 1 is 1.15 bits per heavy atom. The molecule has 0 aliphatic heterocycles. The molecule has 7 heteroatoms. The number of methoxy groups -OCH3 is 1. The maximum atomic E-state index is 12.4. The highest BCUT2D eigenvalue weighted by molar-refractivity contribution is 6.42. The van der Waals surface area contributed by atoms with Gasteiger partial charge in [0, 0.05) is 11.6 Å². The van der Waals surface area contributed by atoms with Crippen molar-refractivity contribution in [2.45, 2.75) is 12.6 Å². The van der Waals surface area contributed by atoms with Gasteiger partial charge in [-0.05, 0) is 24.7 Å². The molecule has 3 aromatic rings. The van der Waals surface area contributed by atoms with Crippen LogP contribution in [0, 0.1) is 0 Å². The number of carbonyl (C=O) groups is 1. The van der Waals surface area contributed by atoms with E-state index in [4.69, 9.17) is 32.5 Å². The zero-order valence-corrected chi connectivity index (χ0v) is 16.4. The van der Waals surface area contributed by atoms with Crippen molar-refractivity contribution in [1.82, 2.24) is 10.1 Å². The fourth-order valence-corrected chi connectivity index (χ4v) is 3.14. The van der Waals surface area contributed by atoms with Gasteiger partial charge in [-0.3, -0.25) is 4.90 Å². The van der Waals surface area contributed by atoms with Crippen molar-refractivity contribution in [3.8, 4) is 11.3 Å². The monoisotopic (exact) mass is 404 g/mol. The molecule has 0 bridgehead atoms. The Kier molecular flexibility index (Phi) is 6.16. The summed E-state index contributed by atoms with van der Waals surface area (Å²) in [5, 5.41) is 4.91. The summed E-state index contributed by atoms with van der Waals surface area (Å²) in [5.41, 5.74) is 2.38. The zero-order valence-electron chi connectivity index (χ0n) is 14.9. The molecule has 5 nitrogen and oxygen atoms in total. The van der Waals surface area contributed by atoms with Gasteiger partial charge in [-0.1, -0.05) is 64.8 Å². The van der Waals surface area contributed by atoms with E-state index < -0.39 is 12.0 Å². The van der Waals surface area contributed by atoms with Gasteiger partial charge in [-0.2, -0.15) is 0 Å². The Hall–Kier alpha value is -2.34. The first-order chi connectivity index (χ1) is 13.0. The molecule has 3 rings (SSSR count). The van der Waals surface area contributed by atoms with Crippen molar-refractivity contribution < 1.29 is 14.1 Å². The van der Waals surface area contributed by atoms with Gasteiger partial charge in [0.05, 0.1) is 23.7 Å². The van der Waals surface area contributed by atoms with Gasteiger partial charge in [0.25, 0.3) is 0 Å². The second-order valence-corrected chi connectivity index (χ2v) is 6.87. The standard InChI is InChI=1S/C20H18Cl2N2O3/c1-24(12-15-11-18(23-27-15)13-6-4-3-5-7-13)19(20(25)26-2)14-8-9-16(21)17(22)10-14/h3-11,19H,12H2,1-2H3/t19-/m0/s1. The molecule has 1 aromatic heterocycles. The van der Waals surface area contributed by atoms with Gasteiger partial charge in [0.1, 0.15) is 11.7 Å². The molecular formula is C20H18Cl2N2O3. The Morgan fingerprint density at radius 2 is 1.89 bits per heavy atom. The fraction of sp³-hybridized carbons (Fsp3) is 0.200. The van der Waals surface area contributed by atoms with Crippen molar-refractivity contribution in [3.63, 3.8) is 0 Å². The first kappa shape index (κ1) is 19.4. The van der Waals surface area contributed by atoms with Gasteiger partial charge in [-0.15, -0.1) is 0 Å². The van der Waals surface area contributed by atoms with Crippen LogP contribution in [0.3, 0.4) is 0 Å². The molecule has 0 aliphatic rings. The minimum Gasteiger partial charge on any atom is -0.468 e. The molecule has 0 unspecified atom stereocenters. The van der Waals surface area contributed by atoms with Crippen LogP contribution in [0.1, 0.15) is 17.4 Å². The summed E-state index contributed by atoms with van der Waals surface area (Å²) in [6, 6.07) is 16.0. The number of nitrogens with zero attached hydrogens (tertiary/aromatic N) is 2. The van der Waals surface area contributed by atoms with Gasteiger partial charge in [-0.25, -0.2) is 4.79 Å². The first-order valence-electron chi connectivity index (χ1n) is 8.23. The van der Waals surface area contributed by atoms with Crippen molar-refractivity contribution in [1.29, 1.82) is 0 Å². The molecule has 1 heterocycles. The smallest absolute Gasteiger partial charge is 0.327 e. The molecule has 0 saturated carbocycles. The Balaban J connectivity index is 1.83. The number of halogens is 2. The second kappa shape index (κ2) is 8.57. The third-order valence-electron chi connectivity index (χ3n) is 4.16. The van der Waals surface area contributed by atoms with Gasteiger partial charge < -0.3 is 9.26 Å². The van der Waals surface area contributed by atoms with Crippen LogP contribution >= 0.6 is 23.2 Å². The van der Waals surface area contributed by atoms with Crippen molar-refractivity contribution >= 4 is 29.2 Å². The molecule has 27 heavy (non-hydrogen) atoms. The minimum atomic E-state index is -0.657. The van der Waals surface area contributed by atoms with Crippen LogP contribution < -0.4 is 0 Å². The van der Waals surface area contributed by atoms with Crippen molar-refractivity contribution in [3.05, 3.63) is 76.0 Å². The highest BCUT2D eigenvalue weighted by Gasteiger charge is 2.27. The summed E-state index contributed by atoms with van der Waals surface area (Å²) in [6.07, 6.45) is 0. The van der Waals surface area contributed by atoms with E-state index in [1.807, 2.05) is 36.4 Å². The zero-order chi connectivity index (χ0) is 19.4. The van der Waals surface area contributed by atoms with Crippen molar-refractivity contribution in [2.75, 3.05) is 14.2 Å². The normalized spacial score (nSPS) is 12.2. The average molecular weight is 405 g/mol. The molecule has 0 radical (unpaired) electrons. The molecule has 0 amide bonds. The summed E-state index contributed by atoms with van der Waals surface area (Å²) >= 11 is 12.1. The van der Waals surface area contributed by atoms with E-state index in [2.05, 4.69) is 5.16 Å². The summed E-state index contributed by atoms with van der Waals surface area (Å²) < 4.78 is 10.4. The van der Waals surface area contributed by atoms with E-state index in [-0.39, 0.29) is 0 Å². The van der Waals surface area contributed by atoms with Crippen LogP contribution in [0.4, 0.5) is 0 Å². The number of hydrogen-bond acceptors (Lipinski definition) is 5. The van der Waals surface area contributed by atoms with Crippen LogP contribution in [-0.2, 0) is 16.1 Å². The van der Waals surface area contributed by atoms with Crippen molar-refractivity contribution in [2.24, 2.45) is 0 Å². The van der Waals surface area contributed by atoms with Gasteiger partial charge in [0.2, 0.25) is 0 Å². The van der Waals surface area contributed by atoms with Crippen LogP contribution in [0.15, 0.2) is 59.1 Å². The van der Waals surface area contributed by atoms with E-state index in [0.717, 1.165) is 11.3 Å². The number of benzene rings is 2. The van der Waals surface area contributed by atoms with Crippen LogP contribution in [0.2, 0.25) is 10.0 Å². The SMILES string of the molecule is COC(=O)[C@H](c1ccc(Cl)c(Cl)c1)N(C)Cc1cc(-c2ccccc2)no1. The lowest BCUT2D eigenvalue weighted by molar-refractivity contribution is -0.147. The highest BCUT2D eigenvalue weighted by atomic mass is 35.5. The molecular weight excluding hydrogens is 387 g/mol. The van der Waals surface area contributed by atoms with Crippen LogP contribution in [-0.4, -0.2) is 30.2 Å². The Morgan fingerprint density at radius 3 is 2.56 bits per heavy atom. The van der Waals surface area contributed by atoms with E-state index >= 15 is 0 Å². The second-order valence-electron chi connectivity index (χ2n) is 6.06. The Labute approximate surface area is 167 Å². The maximum Gasteiger partial charge on any atom is 0.327 e. The van der Waals surface area contributed by atoms with Gasteiger partial charge in [0.15, 0.2) is 5.76 Å². The lowest BCUT2D eigenvalue weighted by atomic mass is 10.1. The number of esters is 1. The highest BCUT2D eigenvalue weighted by Crippen LogP contribution is 2.30. The van der Waals surface area contributed by atoms with E-state index in [1.54, 1.807) is 30.1 Å². The fourth-order valence-electron chi connectivity index (χ4n) is 2.83. The quantitative estimate of drug-likeness (QED) is 0.541. The van der Waals surface area contributed by atoms with E-state index in [9.17, 15) is 4.79 Å². The van der Waals surface area contributed by atoms with Crippen LogP contribution in [0.25, 0.3) is 11.3 Å². The number of aromatic nitrogens is 1. The molecule has 0 N–H and O–H groups in total. The first-order valence-corrected chi connectivity index (χ1v) is 8.99. The third-order valence-corrected chi connectivity index (χ3v) is 4.90. The topological polar surface area (TPSA) is 55.6 Å². The maximum absolute atomic E-state index is 12.4. The number of carbonyl (C=O) groups excluding carboxylic acids is 1. The third kappa shape index (κ3) is 4.50. The number of rotatable bonds is 6. The summed E-state index contributed by atoms with van der Waals surface area (Å²) in [5.74, 6) is 0.226. The van der Waals surface area contributed by atoms with E-state index in [0.29, 0.717) is 27.9 Å². The number of hydrogen-bond donors (Lipinski definition) is 0. The minimum absolute atomic E-state index is 0.361. The largest absolute Gasteiger partial charge is 0.468 e. The lowest BCUT2D eigenvalue weighted by Gasteiger charge is -2.25. The molecule has 0 aliphatic carbocycles. The summed E-state index contributed by atoms with van der Waals surface area (Å²) in [6.45, 7) is 0.361.